The van der Waals surface area contributed by atoms with Crippen molar-refractivity contribution in [3.8, 4) is 0 Å². The molecule has 0 amide bonds. The summed E-state index contributed by atoms with van der Waals surface area (Å²) in [4.78, 5) is 14.4. The number of hydrogen-bond acceptors (Lipinski definition) is 5. The van der Waals surface area contributed by atoms with Gasteiger partial charge in [-0.1, -0.05) is 6.08 Å². The molecule has 7 heteroatoms. The maximum absolute atomic E-state index is 4.54. The molecular weight excluding hydrogens is 338 g/mol. The minimum Gasteiger partial charge on any atom is -0.356 e. The summed E-state index contributed by atoms with van der Waals surface area (Å²) in [5.41, 5.74) is 2.17. The van der Waals surface area contributed by atoms with Gasteiger partial charge in [-0.2, -0.15) is 5.10 Å². The third-order valence-corrected chi connectivity index (χ3v) is 5.68. The summed E-state index contributed by atoms with van der Waals surface area (Å²) in [5, 5.41) is 11.5. The summed E-state index contributed by atoms with van der Waals surface area (Å²) in [6.07, 6.45) is 13.5. The first-order valence-corrected chi connectivity index (χ1v) is 9.67. The third-order valence-electron chi connectivity index (χ3n) is 5.68. The molecule has 0 unspecified atom stereocenters. The number of rotatable bonds is 6. The molecule has 3 aromatic rings. The highest BCUT2D eigenvalue weighted by molar-refractivity contribution is 5.87. The summed E-state index contributed by atoms with van der Waals surface area (Å²) in [5.74, 6) is 2.70. The topological polar surface area (TPSA) is 85.5 Å². The predicted molar refractivity (Wildman–Crippen MR) is 109 cm³/mol. The van der Waals surface area contributed by atoms with Crippen LogP contribution in [0, 0.1) is 5.92 Å². The Bertz CT molecular complexity index is 888. The Labute approximate surface area is 159 Å². The molecule has 0 saturated heterocycles. The molecule has 0 spiro atoms. The van der Waals surface area contributed by atoms with Gasteiger partial charge in [0.1, 0.15) is 23.6 Å². The lowest BCUT2D eigenvalue weighted by atomic mass is 9.82. The van der Waals surface area contributed by atoms with Gasteiger partial charge in [0, 0.05) is 31.0 Å². The maximum atomic E-state index is 4.54. The lowest BCUT2D eigenvalue weighted by Gasteiger charge is -2.35. The van der Waals surface area contributed by atoms with Gasteiger partial charge in [0.25, 0.3) is 0 Å². The first kappa shape index (κ1) is 17.6. The first-order chi connectivity index (χ1) is 13.2. The average Bonchev–Trinajstić information content (AvgIpc) is 3.39. The van der Waals surface area contributed by atoms with Crippen LogP contribution in [0.2, 0.25) is 0 Å². The third kappa shape index (κ3) is 3.82. The molecule has 3 aromatic heterocycles. The zero-order valence-electron chi connectivity index (χ0n) is 15.9. The van der Waals surface area contributed by atoms with E-state index in [1.165, 1.54) is 31.4 Å². The number of allylic oxidation sites excluding steroid dienone is 2. The molecule has 1 aliphatic carbocycles. The van der Waals surface area contributed by atoms with Crippen LogP contribution in [0.25, 0.3) is 11.0 Å². The van der Waals surface area contributed by atoms with Crippen molar-refractivity contribution < 1.29 is 0 Å². The summed E-state index contributed by atoms with van der Waals surface area (Å²) >= 11 is 0. The lowest BCUT2D eigenvalue weighted by Crippen LogP contribution is -2.36. The number of aromatic amines is 2. The number of H-pyrrole nitrogens is 2. The van der Waals surface area contributed by atoms with Gasteiger partial charge in [0.05, 0.1) is 11.6 Å². The minimum atomic E-state index is 0.531. The van der Waals surface area contributed by atoms with Gasteiger partial charge in [-0.15, -0.1) is 0 Å². The van der Waals surface area contributed by atoms with E-state index >= 15 is 0 Å². The number of hydrogen-bond donors (Lipinski definition) is 3. The Morgan fingerprint density at radius 3 is 2.85 bits per heavy atom. The monoisotopic (exact) mass is 365 g/mol. The minimum absolute atomic E-state index is 0.531. The smallest absolute Gasteiger partial charge is 0.142 e. The number of fused-ring (bicyclic) bond motifs is 1. The molecular formula is C20H27N7. The van der Waals surface area contributed by atoms with Crippen LogP contribution in [-0.4, -0.2) is 38.2 Å². The molecule has 27 heavy (non-hydrogen) atoms. The van der Waals surface area contributed by atoms with Crippen LogP contribution < -0.4 is 10.2 Å². The average molecular weight is 365 g/mol. The number of aromatic nitrogens is 5. The van der Waals surface area contributed by atoms with Gasteiger partial charge in [-0.25, -0.2) is 9.97 Å². The van der Waals surface area contributed by atoms with Gasteiger partial charge in [-0.05, 0) is 51.0 Å². The molecule has 7 nitrogen and oxygen atoms in total. The van der Waals surface area contributed by atoms with E-state index in [-0.39, 0.29) is 0 Å². The highest BCUT2D eigenvalue weighted by atomic mass is 15.2. The van der Waals surface area contributed by atoms with E-state index < -0.39 is 0 Å². The van der Waals surface area contributed by atoms with Crippen molar-refractivity contribution in [1.29, 1.82) is 0 Å². The Hall–Kier alpha value is -2.83. The molecule has 4 rings (SSSR count). The van der Waals surface area contributed by atoms with Crippen molar-refractivity contribution >= 4 is 22.7 Å². The lowest BCUT2D eigenvalue weighted by molar-refractivity contribution is 0.318. The van der Waals surface area contributed by atoms with Gasteiger partial charge >= 0.3 is 0 Å². The molecule has 3 N–H and O–H groups in total. The predicted octanol–water partition coefficient (Wildman–Crippen LogP) is 4.08. The molecule has 0 aromatic carbocycles. The highest BCUT2D eigenvalue weighted by Crippen LogP contribution is 2.34. The molecule has 1 saturated carbocycles. The van der Waals surface area contributed by atoms with Crippen LogP contribution in [-0.2, 0) is 0 Å². The van der Waals surface area contributed by atoms with E-state index in [0.29, 0.717) is 12.0 Å². The number of anilines is 2. The van der Waals surface area contributed by atoms with Crippen molar-refractivity contribution in [3.63, 3.8) is 0 Å². The fourth-order valence-corrected chi connectivity index (χ4v) is 4.10. The molecule has 0 radical (unpaired) electrons. The summed E-state index contributed by atoms with van der Waals surface area (Å²) in [6, 6.07) is 4.55. The van der Waals surface area contributed by atoms with Gasteiger partial charge < -0.3 is 15.2 Å². The highest BCUT2D eigenvalue weighted by Gasteiger charge is 2.26. The van der Waals surface area contributed by atoms with E-state index in [0.717, 1.165) is 29.1 Å². The van der Waals surface area contributed by atoms with Crippen molar-refractivity contribution in [2.45, 2.75) is 45.1 Å². The molecule has 142 valence electrons. The molecule has 0 aliphatic heterocycles. The summed E-state index contributed by atoms with van der Waals surface area (Å²) < 4.78 is 0. The first-order valence-electron chi connectivity index (χ1n) is 9.67. The Balaban J connectivity index is 1.35. The summed E-state index contributed by atoms with van der Waals surface area (Å²) in [7, 11) is 2.16. The fraction of sp³-hybridized carbons (Fsp3) is 0.450. The molecule has 3 heterocycles. The standard InChI is InChI=1S/C20H27N7/c1-3-15(25-18-9-11-24-26-18)12-14-4-6-16(7-5-14)27(2)20-17-8-10-21-19(17)22-13-23-20/h3,8-11,13-14,16H,4-7,12H2,1-2H3,(H,21,22,23)(H2,24,25,26)/b15-3+. The van der Waals surface area contributed by atoms with Crippen LogP contribution in [0.1, 0.15) is 39.0 Å². The van der Waals surface area contributed by atoms with Crippen LogP contribution in [0.4, 0.5) is 11.6 Å². The van der Waals surface area contributed by atoms with Crippen LogP contribution in [0.15, 0.2) is 42.6 Å². The van der Waals surface area contributed by atoms with Crippen LogP contribution in [0.5, 0.6) is 0 Å². The van der Waals surface area contributed by atoms with Crippen LogP contribution in [0.3, 0.4) is 0 Å². The number of nitrogens with one attached hydrogen (secondary N) is 3. The fourth-order valence-electron chi connectivity index (χ4n) is 4.10. The van der Waals surface area contributed by atoms with Crippen LogP contribution >= 0.6 is 0 Å². The zero-order chi connectivity index (χ0) is 18.6. The Kier molecular flexibility index (Phi) is 5.09. The summed E-state index contributed by atoms with van der Waals surface area (Å²) in [6.45, 7) is 2.09. The van der Waals surface area contributed by atoms with E-state index in [4.69, 9.17) is 0 Å². The van der Waals surface area contributed by atoms with Crippen molar-refractivity contribution in [2.24, 2.45) is 5.92 Å². The largest absolute Gasteiger partial charge is 0.356 e. The van der Waals surface area contributed by atoms with Gasteiger partial charge in [0.2, 0.25) is 0 Å². The Morgan fingerprint density at radius 1 is 1.26 bits per heavy atom. The van der Waals surface area contributed by atoms with E-state index in [1.54, 1.807) is 12.5 Å². The normalized spacial score (nSPS) is 20.7. The van der Waals surface area contributed by atoms with E-state index in [9.17, 15) is 0 Å². The quantitative estimate of drug-likeness (QED) is 0.613. The van der Waals surface area contributed by atoms with E-state index in [1.807, 2.05) is 12.3 Å². The Morgan fingerprint density at radius 2 is 2.11 bits per heavy atom. The molecule has 1 aliphatic rings. The van der Waals surface area contributed by atoms with Crippen molar-refractivity contribution in [2.75, 3.05) is 17.3 Å². The zero-order valence-corrected chi connectivity index (χ0v) is 15.9. The maximum Gasteiger partial charge on any atom is 0.142 e. The SMILES string of the molecule is C/C=C(\CC1CCC(N(C)c2ncnc3[nH]ccc23)CC1)Nc1ccn[nH]1. The molecule has 0 atom stereocenters. The second kappa shape index (κ2) is 7.82. The molecule has 0 bridgehead atoms. The van der Waals surface area contributed by atoms with Gasteiger partial charge in [0.15, 0.2) is 0 Å². The second-order valence-electron chi connectivity index (χ2n) is 7.34. The van der Waals surface area contributed by atoms with Crippen molar-refractivity contribution in [3.05, 3.63) is 42.6 Å². The van der Waals surface area contributed by atoms with Gasteiger partial charge in [-0.3, -0.25) is 5.10 Å². The second-order valence-corrected chi connectivity index (χ2v) is 7.34. The van der Waals surface area contributed by atoms with Crippen molar-refractivity contribution in [1.82, 2.24) is 25.1 Å². The van der Waals surface area contributed by atoms with E-state index in [2.05, 4.69) is 61.5 Å². The molecule has 1 fully saturated rings. The number of nitrogens with zero attached hydrogens (tertiary/aromatic N) is 4.